The molecule has 20 heavy (non-hydrogen) atoms. The van der Waals surface area contributed by atoms with Gasteiger partial charge in [-0.1, -0.05) is 36.4 Å². The summed E-state index contributed by atoms with van der Waals surface area (Å²) < 4.78 is 1.85. The average molecular weight is 264 g/mol. The van der Waals surface area contributed by atoms with Gasteiger partial charge in [0.15, 0.2) is 0 Å². The van der Waals surface area contributed by atoms with E-state index >= 15 is 0 Å². The Morgan fingerprint density at radius 1 is 1.05 bits per heavy atom. The molecule has 0 aliphatic rings. The summed E-state index contributed by atoms with van der Waals surface area (Å²) in [6.07, 6.45) is 3.82. The second-order valence-electron chi connectivity index (χ2n) is 4.61. The molecule has 3 rings (SSSR count). The summed E-state index contributed by atoms with van der Waals surface area (Å²) in [6.45, 7) is 0.703. The Labute approximate surface area is 118 Å². The standard InChI is InChI=1S/C16H16N4/c1-20-12-14(11-18-15-9-5-6-10-17-15)16(19-20)13-7-3-2-4-8-13/h2-10,12H,11H2,1H3,(H,17,18). The highest BCUT2D eigenvalue weighted by Gasteiger charge is 2.09. The minimum absolute atomic E-state index is 0.703. The quantitative estimate of drug-likeness (QED) is 0.787. The Kier molecular flexibility index (Phi) is 3.46. The molecule has 0 bridgehead atoms. The first-order chi connectivity index (χ1) is 9.83. The van der Waals surface area contributed by atoms with E-state index in [1.54, 1.807) is 6.20 Å². The third-order valence-electron chi connectivity index (χ3n) is 3.08. The van der Waals surface area contributed by atoms with Gasteiger partial charge in [-0.25, -0.2) is 4.98 Å². The predicted molar refractivity (Wildman–Crippen MR) is 80.2 cm³/mol. The highest BCUT2D eigenvalue weighted by molar-refractivity contribution is 5.63. The molecule has 0 radical (unpaired) electrons. The summed E-state index contributed by atoms with van der Waals surface area (Å²) in [5.41, 5.74) is 3.30. The Balaban J connectivity index is 1.84. The van der Waals surface area contributed by atoms with Gasteiger partial charge in [0.2, 0.25) is 0 Å². The molecule has 0 saturated carbocycles. The monoisotopic (exact) mass is 264 g/mol. The summed E-state index contributed by atoms with van der Waals surface area (Å²) in [4.78, 5) is 4.26. The van der Waals surface area contributed by atoms with Crippen molar-refractivity contribution in [2.45, 2.75) is 6.54 Å². The fourth-order valence-electron chi connectivity index (χ4n) is 2.16. The van der Waals surface area contributed by atoms with Gasteiger partial charge in [0.25, 0.3) is 0 Å². The molecule has 4 nitrogen and oxygen atoms in total. The van der Waals surface area contributed by atoms with Crippen LogP contribution in [-0.2, 0) is 13.6 Å². The van der Waals surface area contributed by atoms with E-state index in [0.717, 1.165) is 22.6 Å². The van der Waals surface area contributed by atoms with Crippen LogP contribution in [0.4, 0.5) is 5.82 Å². The summed E-state index contributed by atoms with van der Waals surface area (Å²) >= 11 is 0. The number of hydrogen-bond acceptors (Lipinski definition) is 3. The number of anilines is 1. The maximum atomic E-state index is 4.55. The summed E-state index contributed by atoms with van der Waals surface area (Å²) in [5.74, 6) is 0.871. The van der Waals surface area contributed by atoms with E-state index in [2.05, 4.69) is 27.5 Å². The van der Waals surface area contributed by atoms with Crippen LogP contribution in [0, 0.1) is 0 Å². The maximum absolute atomic E-state index is 4.55. The lowest BCUT2D eigenvalue weighted by Crippen LogP contribution is -2.01. The Morgan fingerprint density at radius 3 is 2.60 bits per heavy atom. The van der Waals surface area contributed by atoms with Crippen molar-refractivity contribution >= 4 is 5.82 Å². The lowest BCUT2D eigenvalue weighted by Gasteiger charge is -2.05. The molecule has 4 heteroatoms. The molecule has 0 fully saturated rings. The number of nitrogens with zero attached hydrogens (tertiary/aromatic N) is 3. The smallest absolute Gasteiger partial charge is 0.126 e. The van der Waals surface area contributed by atoms with Crippen LogP contribution in [-0.4, -0.2) is 14.8 Å². The number of aromatic nitrogens is 3. The number of pyridine rings is 1. The number of aryl methyl sites for hydroxylation is 1. The van der Waals surface area contributed by atoms with Crippen LogP contribution in [0.3, 0.4) is 0 Å². The minimum atomic E-state index is 0.703. The summed E-state index contributed by atoms with van der Waals surface area (Å²) in [5, 5.41) is 7.87. The van der Waals surface area contributed by atoms with Crippen LogP contribution in [0.25, 0.3) is 11.3 Å². The molecule has 3 aromatic rings. The summed E-state index contributed by atoms with van der Waals surface area (Å²) in [7, 11) is 1.94. The summed E-state index contributed by atoms with van der Waals surface area (Å²) in [6, 6.07) is 16.1. The first kappa shape index (κ1) is 12.4. The molecule has 0 unspecified atom stereocenters. The van der Waals surface area contributed by atoms with Crippen LogP contribution in [0.2, 0.25) is 0 Å². The van der Waals surface area contributed by atoms with Crippen molar-refractivity contribution in [1.82, 2.24) is 14.8 Å². The van der Waals surface area contributed by atoms with Crippen molar-refractivity contribution in [3.63, 3.8) is 0 Å². The van der Waals surface area contributed by atoms with Crippen molar-refractivity contribution in [2.24, 2.45) is 7.05 Å². The van der Waals surface area contributed by atoms with Crippen LogP contribution in [0.15, 0.2) is 60.9 Å². The lowest BCUT2D eigenvalue weighted by atomic mass is 10.1. The van der Waals surface area contributed by atoms with Crippen LogP contribution in [0.1, 0.15) is 5.56 Å². The molecule has 2 aromatic heterocycles. The third kappa shape index (κ3) is 2.69. The molecule has 0 saturated heterocycles. The van der Waals surface area contributed by atoms with E-state index in [0.29, 0.717) is 6.54 Å². The molecule has 0 aliphatic carbocycles. The van der Waals surface area contributed by atoms with Crippen LogP contribution >= 0.6 is 0 Å². The Hall–Kier alpha value is -2.62. The van der Waals surface area contributed by atoms with Crippen molar-refractivity contribution in [3.8, 4) is 11.3 Å². The Morgan fingerprint density at radius 2 is 1.85 bits per heavy atom. The molecular formula is C16H16N4. The zero-order valence-electron chi connectivity index (χ0n) is 11.3. The van der Waals surface area contributed by atoms with Gasteiger partial charge in [0.1, 0.15) is 5.82 Å². The number of benzene rings is 1. The van der Waals surface area contributed by atoms with Crippen molar-refractivity contribution in [1.29, 1.82) is 0 Å². The fourth-order valence-corrected chi connectivity index (χ4v) is 2.16. The van der Waals surface area contributed by atoms with E-state index in [-0.39, 0.29) is 0 Å². The van der Waals surface area contributed by atoms with Gasteiger partial charge in [-0.05, 0) is 12.1 Å². The SMILES string of the molecule is Cn1cc(CNc2ccccn2)c(-c2ccccc2)n1. The third-order valence-corrected chi connectivity index (χ3v) is 3.08. The second-order valence-corrected chi connectivity index (χ2v) is 4.61. The fraction of sp³-hybridized carbons (Fsp3) is 0.125. The molecule has 1 aromatic carbocycles. The molecule has 0 aliphatic heterocycles. The van der Waals surface area contributed by atoms with Gasteiger partial charge in [0, 0.05) is 37.1 Å². The van der Waals surface area contributed by atoms with Gasteiger partial charge >= 0.3 is 0 Å². The van der Waals surface area contributed by atoms with E-state index < -0.39 is 0 Å². The maximum Gasteiger partial charge on any atom is 0.126 e. The highest BCUT2D eigenvalue weighted by Crippen LogP contribution is 2.22. The number of nitrogens with one attached hydrogen (secondary N) is 1. The van der Waals surface area contributed by atoms with Crippen LogP contribution in [0.5, 0.6) is 0 Å². The molecule has 100 valence electrons. The van der Waals surface area contributed by atoms with Crippen molar-refractivity contribution in [2.75, 3.05) is 5.32 Å². The number of rotatable bonds is 4. The lowest BCUT2D eigenvalue weighted by molar-refractivity contribution is 0.770. The van der Waals surface area contributed by atoms with Gasteiger partial charge in [-0.3, -0.25) is 4.68 Å². The molecule has 0 amide bonds. The highest BCUT2D eigenvalue weighted by atomic mass is 15.3. The minimum Gasteiger partial charge on any atom is -0.366 e. The van der Waals surface area contributed by atoms with Gasteiger partial charge in [-0.15, -0.1) is 0 Å². The Bertz CT molecular complexity index is 674. The molecular weight excluding hydrogens is 248 g/mol. The topological polar surface area (TPSA) is 42.7 Å². The first-order valence-electron chi connectivity index (χ1n) is 6.56. The van der Waals surface area contributed by atoms with E-state index in [9.17, 15) is 0 Å². The van der Waals surface area contributed by atoms with Crippen molar-refractivity contribution < 1.29 is 0 Å². The van der Waals surface area contributed by atoms with Gasteiger partial charge < -0.3 is 5.32 Å². The zero-order chi connectivity index (χ0) is 13.8. The van der Waals surface area contributed by atoms with E-state index in [1.807, 2.05) is 54.3 Å². The number of hydrogen-bond donors (Lipinski definition) is 1. The van der Waals surface area contributed by atoms with Crippen molar-refractivity contribution in [3.05, 3.63) is 66.5 Å². The largest absolute Gasteiger partial charge is 0.366 e. The van der Waals surface area contributed by atoms with E-state index in [4.69, 9.17) is 0 Å². The zero-order valence-corrected chi connectivity index (χ0v) is 11.3. The molecule has 0 spiro atoms. The normalized spacial score (nSPS) is 10.4. The first-order valence-corrected chi connectivity index (χ1v) is 6.56. The predicted octanol–water partition coefficient (Wildman–Crippen LogP) is 3.09. The average Bonchev–Trinajstić information content (AvgIpc) is 2.88. The van der Waals surface area contributed by atoms with Gasteiger partial charge in [0.05, 0.1) is 5.69 Å². The second kappa shape index (κ2) is 5.57. The molecule has 2 heterocycles. The molecule has 0 atom stereocenters. The van der Waals surface area contributed by atoms with E-state index in [1.165, 1.54) is 0 Å². The van der Waals surface area contributed by atoms with Gasteiger partial charge in [-0.2, -0.15) is 5.10 Å². The van der Waals surface area contributed by atoms with Crippen LogP contribution < -0.4 is 5.32 Å². The molecule has 1 N–H and O–H groups in total.